The van der Waals surface area contributed by atoms with E-state index in [0.29, 0.717) is 35.3 Å². The van der Waals surface area contributed by atoms with Crippen molar-refractivity contribution in [3.63, 3.8) is 0 Å². The number of piperidine rings is 2. The summed E-state index contributed by atoms with van der Waals surface area (Å²) in [6.07, 6.45) is 16.3. The molecule has 6 fully saturated rings. The van der Waals surface area contributed by atoms with Gasteiger partial charge in [0.1, 0.15) is 12.1 Å². The molecular formula is C34H57N2O4+. The van der Waals surface area contributed by atoms with E-state index >= 15 is 0 Å². The molecule has 0 spiro atoms. The molecule has 0 N–H and O–H groups in total. The monoisotopic (exact) mass is 557 g/mol. The summed E-state index contributed by atoms with van der Waals surface area (Å²) in [5.41, 5.74) is 0.377. The van der Waals surface area contributed by atoms with Crippen molar-refractivity contribution in [2.75, 3.05) is 33.2 Å². The zero-order valence-electron chi connectivity index (χ0n) is 26.2. The van der Waals surface area contributed by atoms with Crippen LogP contribution in [0.1, 0.15) is 111 Å². The molecule has 226 valence electrons. The number of ether oxygens (including phenoxy) is 2. The minimum Gasteiger partial charge on any atom is -0.461 e. The van der Waals surface area contributed by atoms with Crippen molar-refractivity contribution in [1.82, 2.24) is 4.90 Å². The fraction of sp³-hybridized carbons (Fsp3) is 0.941. The van der Waals surface area contributed by atoms with E-state index in [9.17, 15) is 9.59 Å². The van der Waals surface area contributed by atoms with Gasteiger partial charge in [-0.25, -0.2) is 0 Å². The van der Waals surface area contributed by atoms with Gasteiger partial charge in [-0.2, -0.15) is 0 Å². The van der Waals surface area contributed by atoms with Crippen molar-refractivity contribution in [3.8, 4) is 0 Å². The molecule has 0 bridgehead atoms. The van der Waals surface area contributed by atoms with Crippen molar-refractivity contribution in [2.24, 2.45) is 34.5 Å². The molecule has 0 aromatic heterocycles. The van der Waals surface area contributed by atoms with E-state index in [-0.39, 0.29) is 29.6 Å². The van der Waals surface area contributed by atoms with Gasteiger partial charge in [-0.3, -0.25) is 14.5 Å². The highest BCUT2D eigenvalue weighted by Crippen LogP contribution is 2.67. The van der Waals surface area contributed by atoms with Crippen LogP contribution in [0.4, 0.5) is 0 Å². The highest BCUT2D eigenvalue weighted by atomic mass is 16.5. The first kappa shape index (κ1) is 29.0. The second kappa shape index (κ2) is 10.8. The Labute approximate surface area is 243 Å². The molecule has 0 aromatic carbocycles. The van der Waals surface area contributed by atoms with Crippen LogP contribution in [0.5, 0.6) is 0 Å². The Hall–Kier alpha value is -1.14. The third-order valence-corrected chi connectivity index (χ3v) is 13.7. The number of fused-ring (bicyclic) bond motifs is 5. The average molecular weight is 558 g/mol. The maximum absolute atomic E-state index is 12.5. The quantitative estimate of drug-likeness (QED) is 0.315. The number of likely N-dealkylation sites (N-methyl/N-ethyl adjacent to an activating group) is 1. The lowest BCUT2D eigenvalue weighted by molar-refractivity contribution is -0.940. The lowest BCUT2D eigenvalue weighted by Gasteiger charge is -2.62. The van der Waals surface area contributed by atoms with Crippen LogP contribution in [0.2, 0.25) is 0 Å². The van der Waals surface area contributed by atoms with E-state index in [2.05, 4.69) is 25.8 Å². The van der Waals surface area contributed by atoms with Gasteiger partial charge in [-0.1, -0.05) is 20.3 Å². The Morgan fingerprint density at radius 3 is 2.15 bits per heavy atom. The SMILES string of the molecule is CC(=O)O[C@H]1C[C@@H]2CC[C@@H]3C(CC[C@@]4(C)[C@H]3C[C@H]([N+]3(C)CCCCC3)[C@@H]4OC(C)=O)[C@@]2(C)C[C@@H]1N1CCCCC1. The third kappa shape index (κ3) is 4.85. The maximum atomic E-state index is 12.5. The highest BCUT2D eigenvalue weighted by molar-refractivity contribution is 5.66. The molecule has 6 heteroatoms. The van der Waals surface area contributed by atoms with Gasteiger partial charge in [0.2, 0.25) is 0 Å². The summed E-state index contributed by atoms with van der Waals surface area (Å²) in [5.74, 6) is 2.50. The Morgan fingerprint density at radius 1 is 0.800 bits per heavy atom. The Bertz CT molecular complexity index is 958. The van der Waals surface area contributed by atoms with Crippen LogP contribution >= 0.6 is 0 Å². The largest absolute Gasteiger partial charge is 0.461 e. The lowest BCUT2D eigenvalue weighted by Crippen LogP contribution is -2.61. The normalized spacial score (nSPS) is 46.9. The van der Waals surface area contributed by atoms with Crippen LogP contribution < -0.4 is 0 Å². The molecule has 6 nitrogen and oxygen atoms in total. The van der Waals surface area contributed by atoms with E-state index in [0.717, 1.165) is 29.9 Å². The molecule has 2 saturated heterocycles. The fourth-order valence-electron chi connectivity index (χ4n) is 11.7. The number of hydrogen-bond acceptors (Lipinski definition) is 5. The number of quaternary nitrogens is 1. The highest BCUT2D eigenvalue weighted by Gasteiger charge is 2.67. The number of carbonyl (C=O) groups is 2. The number of rotatable bonds is 4. The number of carbonyl (C=O) groups excluding carboxylic acids is 2. The molecule has 0 amide bonds. The second-order valence-electron chi connectivity index (χ2n) is 15.8. The minimum absolute atomic E-state index is 0.0466. The summed E-state index contributed by atoms with van der Waals surface area (Å²) in [6, 6.07) is 0.796. The molecule has 4 aliphatic carbocycles. The van der Waals surface area contributed by atoms with E-state index in [1.165, 1.54) is 90.1 Å². The number of nitrogens with zero attached hydrogens (tertiary/aromatic N) is 2. The van der Waals surface area contributed by atoms with Crippen LogP contribution in [-0.4, -0.2) is 78.8 Å². The van der Waals surface area contributed by atoms with Gasteiger partial charge in [-0.05, 0) is 113 Å². The van der Waals surface area contributed by atoms with Crippen LogP contribution in [0.3, 0.4) is 0 Å². The number of esters is 2. The predicted octanol–water partition coefficient (Wildman–Crippen LogP) is 5.97. The zero-order chi connectivity index (χ0) is 28.3. The first-order valence-corrected chi connectivity index (χ1v) is 17.0. The van der Waals surface area contributed by atoms with Gasteiger partial charge in [0, 0.05) is 31.7 Å². The zero-order valence-corrected chi connectivity index (χ0v) is 26.2. The van der Waals surface area contributed by atoms with E-state index < -0.39 is 0 Å². The Kier molecular flexibility index (Phi) is 7.85. The third-order valence-electron chi connectivity index (χ3n) is 13.7. The minimum atomic E-state index is -0.111. The first-order valence-electron chi connectivity index (χ1n) is 17.0. The van der Waals surface area contributed by atoms with Gasteiger partial charge >= 0.3 is 11.9 Å². The second-order valence-corrected chi connectivity index (χ2v) is 15.8. The van der Waals surface area contributed by atoms with Crippen LogP contribution in [-0.2, 0) is 19.1 Å². The van der Waals surface area contributed by atoms with Crippen molar-refractivity contribution in [2.45, 2.75) is 135 Å². The molecule has 6 rings (SSSR count). The molecule has 40 heavy (non-hydrogen) atoms. The summed E-state index contributed by atoms with van der Waals surface area (Å²) in [6.45, 7) is 13.1. The standard InChI is InChI=1S/C34H57N2O4/c1-23(37)39-31-20-25-12-13-26-27(34(25,4)22-29(31)35-16-8-6-9-17-35)14-15-33(3)28(26)21-30(32(33)40-24(2)38)36(5)18-10-7-11-19-36/h25-32H,6-22H2,1-5H3/q+1/t25-,26+,27?,28-,29-,30-,31-,32-,33-,34-/m0/s1. The first-order chi connectivity index (χ1) is 19.0. The van der Waals surface area contributed by atoms with E-state index in [1.54, 1.807) is 13.8 Å². The van der Waals surface area contributed by atoms with Crippen molar-refractivity contribution in [1.29, 1.82) is 0 Å². The van der Waals surface area contributed by atoms with E-state index in [1.807, 2.05) is 0 Å². The molecule has 2 aliphatic heterocycles. The summed E-state index contributed by atoms with van der Waals surface area (Å²) in [4.78, 5) is 27.4. The fourth-order valence-corrected chi connectivity index (χ4v) is 11.7. The van der Waals surface area contributed by atoms with Gasteiger partial charge in [0.25, 0.3) is 0 Å². The van der Waals surface area contributed by atoms with Gasteiger partial charge < -0.3 is 14.0 Å². The molecule has 4 saturated carbocycles. The average Bonchev–Trinajstić information content (AvgIpc) is 3.21. The van der Waals surface area contributed by atoms with Gasteiger partial charge in [0.15, 0.2) is 6.10 Å². The van der Waals surface area contributed by atoms with E-state index in [4.69, 9.17) is 9.47 Å². The summed E-state index contributed by atoms with van der Waals surface area (Å²) < 4.78 is 13.5. The number of likely N-dealkylation sites (tertiary alicyclic amines) is 2. The molecular weight excluding hydrogens is 500 g/mol. The molecule has 2 heterocycles. The molecule has 6 aliphatic rings. The molecule has 0 radical (unpaired) electrons. The summed E-state index contributed by atoms with van der Waals surface area (Å²) in [7, 11) is 2.47. The van der Waals surface area contributed by atoms with Gasteiger partial charge in [-0.15, -0.1) is 0 Å². The van der Waals surface area contributed by atoms with Gasteiger partial charge in [0.05, 0.1) is 20.1 Å². The maximum Gasteiger partial charge on any atom is 0.303 e. The van der Waals surface area contributed by atoms with Crippen molar-refractivity contribution in [3.05, 3.63) is 0 Å². The van der Waals surface area contributed by atoms with Crippen LogP contribution in [0.25, 0.3) is 0 Å². The van der Waals surface area contributed by atoms with Crippen molar-refractivity contribution >= 4 is 11.9 Å². The summed E-state index contributed by atoms with van der Waals surface area (Å²) >= 11 is 0. The molecule has 1 unspecified atom stereocenters. The summed E-state index contributed by atoms with van der Waals surface area (Å²) in [5, 5.41) is 0. The lowest BCUT2D eigenvalue weighted by atomic mass is 9.44. The smallest absolute Gasteiger partial charge is 0.303 e. The topological polar surface area (TPSA) is 55.8 Å². The van der Waals surface area contributed by atoms with Crippen molar-refractivity contribution < 1.29 is 23.5 Å². The Balaban J connectivity index is 1.29. The number of hydrogen-bond donors (Lipinski definition) is 0. The Morgan fingerprint density at radius 2 is 1.48 bits per heavy atom. The van der Waals surface area contributed by atoms with Crippen LogP contribution in [0.15, 0.2) is 0 Å². The van der Waals surface area contributed by atoms with Crippen LogP contribution in [0, 0.1) is 34.5 Å². The molecule has 0 aromatic rings. The molecule has 10 atom stereocenters. The predicted molar refractivity (Wildman–Crippen MR) is 156 cm³/mol.